The number of alkyl halides is 1. The van der Waals surface area contributed by atoms with Gasteiger partial charge in [0.15, 0.2) is 0 Å². The van der Waals surface area contributed by atoms with Crippen molar-refractivity contribution in [3.63, 3.8) is 0 Å². The van der Waals surface area contributed by atoms with Gasteiger partial charge in [0.05, 0.1) is 12.2 Å². The van der Waals surface area contributed by atoms with Gasteiger partial charge in [0.25, 0.3) is 0 Å². The van der Waals surface area contributed by atoms with E-state index in [9.17, 15) is 0 Å². The number of nitrogens with zero attached hydrogens (tertiary/aromatic N) is 2. The normalized spacial score (nSPS) is 10.4. The largest absolute Gasteiger partial charge is 0.368 e. The molecule has 0 unspecified atom stereocenters. The number of rotatable bonds is 4. The Kier molecular flexibility index (Phi) is 4.61. The summed E-state index contributed by atoms with van der Waals surface area (Å²) >= 11 is 9.45. The van der Waals surface area contributed by atoms with Crippen LogP contribution in [-0.4, -0.2) is 12.0 Å². The van der Waals surface area contributed by atoms with Gasteiger partial charge < -0.3 is 4.90 Å². The van der Waals surface area contributed by atoms with Crippen LogP contribution in [0.3, 0.4) is 0 Å². The van der Waals surface area contributed by atoms with Gasteiger partial charge in [-0.1, -0.05) is 22.0 Å². The minimum absolute atomic E-state index is 0.501. The van der Waals surface area contributed by atoms with Crippen molar-refractivity contribution in [2.75, 3.05) is 11.9 Å². The molecular formula is C14H14BrClN2. The van der Waals surface area contributed by atoms with Gasteiger partial charge in [-0.05, 0) is 35.9 Å². The Balaban J connectivity index is 2.21. The predicted octanol–water partition coefficient (Wildman–Crippen LogP) is 4.22. The third kappa shape index (κ3) is 3.24. The molecule has 2 nitrogen and oxygen atoms in total. The van der Waals surface area contributed by atoms with Crippen molar-refractivity contribution in [3.8, 4) is 0 Å². The maximum Gasteiger partial charge on any atom is 0.0598 e. The van der Waals surface area contributed by atoms with E-state index in [2.05, 4.69) is 37.9 Å². The Hall–Kier alpha value is -1.06. The first-order valence-corrected chi connectivity index (χ1v) is 6.99. The summed E-state index contributed by atoms with van der Waals surface area (Å²) in [7, 11) is 2.05. The summed E-state index contributed by atoms with van der Waals surface area (Å²) in [6.07, 6.45) is 1.81. The van der Waals surface area contributed by atoms with Crippen LogP contribution in [0.1, 0.15) is 11.3 Å². The molecule has 0 atom stereocenters. The molecule has 2 aromatic rings. The summed E-state index contributed by atoms with van der Waals surface area (Å²) in [4.78, 5) is 6.49. The summed E-state index contributed by atoms with van der Waals surface area (Å²) in [5.74, 6) is 0.501. The van der Waals surface area contributed by atoms with Crippen molar-refractivity contribution < 1.29 is 0 Å². The van der Waals surface area contributed by atoms with E-state index in [-0.39, 0.29) is 0 Å². The summed E-state index contributed by atoms with van der Waals surface area (Å²) in [5, 5.41) is 0. The van der Waals surface area contributed by atoms with Gasteiger partial charge in [-0.25, -0.2) is 0 Å². The first-order chi connectivity index (χ1) is 8.70. The molecule has 0 saturated heterocycles. The van der Waals surface area contributed by atoms with Gasteiger partial charge in [-0.15, -0.1) is 11.6 Å². The van der Waals surface area contributed by atoms with Crippen molar-refractivity contribution in [1.82, 2.24) is 4.98 Å². The van der Waals surface area contributed by atoms with E-state index in [0.717, 1.165) is 28.0 Å². The quantitative estimate of drug-likeness (QED) is 0.782. The number of pyridine rings is 1. The van der Waals surface area contributed by atoms with Gasteiger partial charge in [-0.3, -0.25) is 4.98 Å². The van der Waals surface area contributed by atoms with Crippen LogP contribution in [-0.2, 0) is 12.4 Å². The molecule has 2 rings (SSSR count). The Morgan fingerprint density at radius 2 is 2.11 bits per heavy atom. The topological polar surface area (TPSA) is 16.1 Å². The van der Waals surface area contributed by atoms with Gasteiger partial charge in [-0.2, -0.15) is 0 Å². The van der Waals surface area contributed by atoms with Crippen LogP contribution in [0.4, 0.5) is 5.69 Å². The molecule has 0 N–H and O–H groups in total. The molecule has 4 heteroatoms. The van der Waals surface area contributed by atoms with E-state index in [1.54, 1.807) is 0 Å². The van der Waals surface area contributed by atoms with Crippen LogP contribution in [0.5, 0.6) is 0 Å². The number of aromatic nitrogens is 1. The molecule has 0 aliphatic carbocycles. The zero-order chi connectivity index (χ0) is 13.0. The predicted molar refractivity (Wildman–Crippen MR) is 80.0 cm³/mol. The Morgan fingerprint density at radius 3 is 2.78 bits per heavy atom. The summed E-state index contributed by atoms with van der Waals surface area (Å²) in [5.41, 5.74) is 3.30. The third-order valence-corrected chi connectivity index (χ3v) is 3.50. The van der Waals surface area contributed by atoms with Crippen molar-refractivity contribution in [1.29, 1.82) is 0 Å². The maximum atomic E-state index is 5.99. The summed E-state index contributed by atoms with van der Waals surface area (Å²) < 4.78 is 1.05. The van der Waals surface area contributed by atoms with E-state index in [0.29, 0.717) is 5.88 Å². The lowest BCUT2D eigenvalue weighted by Gasteiger charge is -2.21. The fraction of sp³-hybridized carbons (Fsp3) is 0.214. The average molecular weight is 326 g/mol. The molecule has 0 saturated carbocycles. The highest BCUT2D eigenvalue weighted by Gasteiger charge is 2.08. The second-order valence-electron chi connectivity index (χ2n) is 4.08. The van der Waals surface area contributed by atoms with Crippen molar-refractivity contribution in [2.24, 2.45) is 0 Å². The molecule has 94 valence electrons. The summed E-state index contributed by atoms with van der Waals surface area (Å²) in [6.45, 7) is 0.770. The van der Waals surface area contributed by atoms with Gasteiger partial charge in [0, 0.05) is 29.3 Å². The Morgan fingerprint density at radius 1 is 1.28 bits per heavy atom. The first-order valence-electron chi connectivity index (χ1n) is 5.66. The zero-order valence-corrected chi connectivity index (χ0v) is 12.4. The average Bonchev–Trinajstić information content (AvgIpc) is 2.39. The molecule has 0 fully saturated rings. The van der Waals surface area contributed by atoms with Gasteiger partial charge in [0.2, 0.25) is 0 Å². The molecule has 1 aromatic heterocycles. The van der Waals surface area contributed by atoms with Crippen LogP contribution in [0.15, 0.2) is 47.1 Å². The van der Waals surface area contributed by atoms with E-state index < -0.39 is 0 Å². The fourth-order valence-electron chi connectivity index (χ4n) is 1.85. The highest BCUT2D eigenvalue weighted by Crippen LogP contribution is 2.26. The standard InChI is InChI=1S/C14H14BrClN2/c1-18(10-13-4-2-3-7-17-13)14-6-5-12(15)8-11(14)9-16/h2-8H,9-10H2,1H3. The van der Waals surface area contributed by atoms with Crippen LogP contribution < -0.4 is 4.90 Å². The molecule has 0 amide bonds. The molecule has 1 heterocycles. The Labute approximate surface area is 121 Å². The Bertz CT molecular complexity index is 516. The third-order valence-electron chi connectivity index (χ3n) is 2.72. The van der Waals surface area contributed by atoms with Crippen LogP contribution in [0.25, 0.3) is 0 Å². The zero-order valence-electron chi connectivity index (χ0n) is 10.1. The molecule has 0 radical (unpaired) electrons. The SMILES string of the molecule is CN(Cc1ccccn1)c1ccc(Br)cc1CCl. The second kappa shape index (κ2) is 6.21. The highest BCUT2D eigenvalue weighted by molar-refractivity contribution is 9.10. The first kappa shape index (κ1) is 13.4. The van der Waals surface area contributed by atoms with E-state index in [1.165, 1.54) is 0 Å². The molecule has 0 bridgehead atoms. The molecule has 0 aliphatic rings. The van der Waals surface area contributed by atoms with Crippen LogP contribution >= 0.6 is 27.5 Å². The number of hydrogen-bond acceptors (Lipinski definition) is 2. The molecule has 18 heavy (non-hydrogen) atoms. The highest BCUT2D eigenvalue weighted by atomic mass is 79.9. The smallest absolute Gasteiger partial charge is 0.0598 e. The van der Waals surface area contributed by atoms with E-state index in [4.69, 9.17) is 11.6 Å². The van der Waals surface area contributed by atoms with E-state index >= 15 is 0 Å². The van der Waals surface area contributed by atoms with Crippen molar-refractivity contribution >= 4 is 33.2 Å². The van der Waals surface area contributed by atoms with E-state index in [1.807, 2.05) is 37.5 Å². The minimum atomic E-state index is 0.501. The summed E-state index contributed by atoms with van der Waals surface area (Å²) in [6, 6.07) is 12.1. The lowest BCUT2D eigenvalue weighted by Crippen LogP contribution is -2.18. The van der Waals surface area contributed by atoms with Crippen LogP contribution in [0.2, 0.25) is 0 Å². The lowest BCUT2D eigenvalue weighted by molar-refractivity contribution is 0.879. The maximum absolute atomic E-state index is 5.99. The number of halogens is 2. The monoisotopic (exact) mass is 324 g/mol. The second-order valence-corrected chi connectivity index (χ2v) is 5.27. The van der Waals surface area contributed by atoms with Gasteiger partial charge in [0.1, 0.15) is 0 Å². The molecular weight excluding hydrogens is 312 g/mol. The number of benzene rings is 1. The lowest BCUT2D eigenvalue weighted by atomic mass is 10.2. The number of hydrogen-bond donors (Lipinski definition) is 0. The van der Waals surface area contributed by atoms with Crippen molar-refractivity contribution in [2.45, 2.75) is 12.4 Å². The fourth-order valence-corrected chi connectivity index (χ4v) is 2.48. The van der Waals surface area contributed by atoms with Gasteiger partial charge >= 0.3 is 0 Å². The number of anilines is 1. The van der Waals surface area contributed by atoms with Crippen LogP contribution in [0, 0.1) is 0 Å². The van der Waals surface area contributed by atoms with Crippen molar-refractivity contribution in [3.05, 3.63) is 58.3 Å². The molecule has 0 spiro atoms. The minimum Gasteiger partial charge on any atom is -0.368 e. The molecule has 1 aromatic carbocycles. The molecule has 0 aliphatic heterocycles.